The number of nitrogens with two attached hydrogens (primary N) is 1. The van der Waals surface area contributed by atoms with Crippen LogP contribution in [-0.2, 0) is 4.79 Å². The minimum absolute atomic E-state index is 0.175. The molecule has 1 atom stereocenters. The van der Waals surface area contributed by atoms with E-state index in [9.17, 15) is 4.79 Å². The Balaban J connectivity index is 2.35. The van der Waals surface area contributed by atoms with E-state index >= 15 is 0 Å². The van der Waals surface area contributed by atoms with Gasteiger partial charge in [-0.15, -0.1) is 0 Å². The Labute approximate surface area is 82.1 Å². The van der Waals surface area contributed by atoms with Gasteiger partial charge in [0, 0.05) is 6.54 Å². The number of carbonyl (C=O) groups excluding carboxylic acids is 1. The summed E-state index contributed by atoms with van der Waals surface area (Å²) in [4.78, 5) is 11.4. The van der Waals surface area contributed by atoms with Crippen molar-refractivity contribution in [2.24, 2.45) is 5.73 Å². The van der Waals surface area contributed by atoms with E-state index in [0.29, 0.717) is 5.75 Å². The maximum Gasteiger partial charge on any atom is 0.266 e. The van der Waals surface area contributed by atoms with E-state index < -0.39 is 6.10 Å². The third-order valence-corrected chi connectivity index (χ3v) is 2.17. The molecule has 3 N–H and O–H groups in total. The number of fused-ring (bicyclic) bond motifs is 1. The van der Waals surface area contributed by atoms with Crippen LogP contribution in [0.25, 0.3) is 0 Å². The molecule has 1 aliphatic rings. The molecule has 0 spiro atoms. The Morgan fingerprint density at radius 3 is 3.07 bits per heavy atom. The zero-order valence-electron chi connectivity index (χ0n) is 7.91. The first kappa shape index (κ1) is 9.02. The van der Waals surface area contributed by atoms with Crippen LogP contribution < -0.4 is 15.8 Å². The molecule has 0 fully saturated rings. The lowest BCUT2D eigenvalue weighted by atomic mass is 10.1. The zero-order chi connectivity index (χ0) is 10.1. The molecule has 1 unspecified atom stereocenters. The number of anilines is 1. The summed E-state index contributed by atoms with van der Waals surface area (Å²) >= 11 is 0. The number of benzene rings is 1. The van der Waals surface area contributed by atoms with Gasteiger partial charge in [-0.3, -0.25) is 4.79 Å². The van der Waals surface area contributed by atoms with Crippen molar-refractivity contribution in [2.45, 2.75) is 13.0 Å². The predicted molar refractivity (Wildman–Crippen MR) is 53.3 cm³/mol. The van der Waals surface area contributed by atoms with Gasteiger partial charge in [-0.1, -0.05) is 6.07 Å². The first-order chi connectivity index (χ1) is 6.70. The highest BCUT2D eigenvalue weighted by Gasteiger charge is 2.25. The molecule has 4 heteroatoms. The summed E-state index contributed by atoms with van der Waals surface area (Å²) < 4.78 is 5.41. The maximum atomic E-state index is 11.4. The normalized spacial score (nSPS) is 19.6. The summed E-state index contributed by atoms with van der Waals surface area (Å²) in [6.45, 7) is 2.15. The van der Waals surface area contributed by atoms with Crippen LogP contribution in [0.4, 0.5) is 5.69 Å². The van der Waals surface area contributed by atoms with Crippen LogP contribution >= 0.6 is 0 Å². The summed E-state index contributed by atoms with van der Waals surface area (Å²) in [5.41, 5.74) is 7.20. The second-order valence-electron chi connectivity index (χ2n) is 3.33. The smallest absolute Gasteiger partial charge is 0.266 e. The van der Waals surface area contributed by atoms with E-state index in [1.165, 1.54) is 0 Å². The van der Waals surface area contributed by atoms with Crippen LogP contribution in [0.15, 0.2) is 18.2 Å². The van der Waals surface area contributed by atoms with Crippen molar-refractivity contribution in [3.8, 4) is 5.75 Å². The first-order valence-electron chi connectivity index (χ1n) is 4.49. The molecule has 0 bridgehead atoms. The van der Waals surface area contributed by atoms with Crippen molar-refractivity contribution in [3.05, 3.63) is 23.8 Å². The standard InChI is InChI=1S/C10H12N2O2/c1-6-2-3-8-7(4-6)12-10(13)9(5-11)14-8/h2-4,9H,5,11H2,1H3,(H,12,13). The molecule has 1 amide bonds. The SMILES string of the molecule is Cc1ccc2c(c1)NC(=O)C(CN)O2. The monoisotopic (exact) mass is 192 g/mol. The number of hydrogen-bond donors (Lipinski definition) is 2. The zero-order valence-corrected chi connectivity index (χ0v) is 7.91. The van der Waals surface area contributed by atoms with E-state index in [4.69, 9.17) is 10.5 Å². The van der Waals surface area contributed by atoms with Gasteiger partial charge in [-0.05, 0) is 24.6 Å². The van der Waals surface area contributed by atoms with Crippen molar-refractivity contribution >= 4 is 11.6 Å². The summed E-state index contributed by atoms with van der Waals surface area (Å²) in [6.07, 6.45) is -0.565. The number of rotatable bonds is 1. The highest BCUT2D eigenvalue weighted by Crippen LogP contribution is 2.29. The van der Waals surface area contributed by atoms with Crippen molar-refractivity contribution in [3.63, 3.8) is 0 Å². The molecule has 1 aromatic rings. The Morgan fingerprint density at radius 2 is 2.36 bits per heavy atom. The Bertz CT molecular complexity index is 376. The van der Waals surface area contributed by atoms with Crippen LogP contribution in [0, 0.1) is 6.92 Å². The molecule has 1 aromatic carbocycles. The summed E-state index contributed by atoms with van der Waals surface area (Å²) in [5.74, 6) is 0.510. The van der Waals surface area contributed by atoms with Crippen LogP contribution in [0.3, 0.4) is 0 Å². The van der Waals surface area contributed by atoms with Crippen molar-refractivity contribution in [2.75, 3.05) is 11.9 Å². The third kappa shape index (κ3) is 1.44. The summed E-state index contributed by atoms with van der Waals surface area (Å²) in [7, 11) is 0. The van der Waals surface area contributed by atoms with Crippen molar-refractivity contribution in [1.82, 2.24) is 0 Å². The largest absolute Gasteiger partial charge is 0.477 e. The minimum atomic E-state index is -0.565. The van der Waals surface area contributed by atoms with Gasteiger partial charge in [-0.2, -0.15) is 0 Å². The fraction of sp³-hybridized carbons (Fsp3) is 0.300. The molecule has 74 valence electrons. The van der Waals surface area contributed by atoms with Gasteiger partial charge in [0.25, 0.3) is 5.91 Å². The minimum Gasteiger partial charge on any atom is -0.477 e. The van der Waals surface area contributed by atoms with E-state index in [2.05, 4.69) is 5.32 Å². The van der Waals surface area contributed by atoms with Crippen molar-refractivity contribution < 1.29 is 9.53 Å². The number of hydrogen-bond acceptors (Lipinski definition) is 3. The number of aryl methyl sites for hydroxylation is 1. The van der Waals surface area contributed by atoms with Crippen LogP contribution in [-0.4, -0.2) is 18.6 Å². The first-order valence-corrected chi connectivity index (χ1v) is 4.49. The summed E-state index contributed by atoms with van der Waals surface area (Å²) in [6, 6.07) is 5.65. The molecule has 4 nitrogen and oxygen atoms in total. The lowest BCUT2D eigenvalue weighted by molar-refractivity contribution is -0.123. The van der Waals surface area contributed by atoms with Gasteiger partial charge < -0.3 is 15.8 Å². The third-order valence-electron chi connectivity index (χ3n) is 2.17. The second kappa shape index (κ2) is 3.31. The van der Waals surface area contributed by atoms with E-state index in [1.807, 2.05) is 25.1 Å². The highest BCUT2D eigenvalue weighted by molar-refractivity contribution is 5.97. The Kier molecular flexibility index (Phi) is 2.13. The maximum absolute atomic E-state index is 11.4. The number of amides is 1. The van der Waals surface area contributed by atoms with Crippen molar-refractivity contribution in [1.29, 1.82) is 0 Å². The Hall–Kier alpha value is -1.55. The van der Waals surface area contributed by atoms with Crippen LogP contribution in [0.5, 0.6) is 5.75 Å². The average Bonchev–Trinajstić information content (AvgIpc) is 2.16. The van der Waals surface area contributed by atoms with Gasteiger partial charge in [0.1, 0.15) is 5.75 Å². The van der Waals surface area contributed by atoms with E-state index in [0.717, 1.165) is 11.3 Å². The molecule has 0 radical (unpaired) electrons. The second-order valence-corrected chi connectivity index (χ2v) is 3.33. The molecule has 0 aliphatic carbocycles. The van der Waals surface area contributed by atoms with Crippen LogP contribution in [0.2, 0.25) is 0 Å². The Morgan fingerprint density at radius 1 is 1.57 bits per heavy atom. The number of carbonyl (C=O) groups is 1. The number of nitrogens with one attached hydrogen (secondary N) is 1. The molecule has 0 saturated carbocycles. The van der Waals surface area contributed by atoms with Gasteiger partial charge >= 0.3 is 0 Å². The van der Waals surface area contributed by atoms with Crippen LogP contribution in [0.1, 0.15) is 5.56 Å². The molecular formula is C10H12N2O2. The van der Waals surface area contributed by atoms with Gasteiger partial charge in [-0.25, -0.2) is 0 Å². The molecule has 2 rings (SSSR count). The quantitative estimate of drug-likeness (QED) is 0.686. The fourth-order valence-corrected chi connectivity index (χ4v) is 1.42. The lowest BCUT2D eigenvalue weighted by Gasteiger charge is -2.24. The van der Waals surface area contributed by atoms with E-state index in [-0.39, 0.29) is 12.5 Å². The topological polar surface area (TPSA) is 64.4 Å². The van der Waals surface area contributed by atoms with Gasteiger partial charge in [0.2, 0.25) is 0 Å². The summed E-state index contributed by atoms with van der Waals surface area (Å²) in [5, 5.41) is 2.76. The van der Waals surface area contributed by atoms with Gasteiger partial charge in [0.15, 0.2) is 6.10 Å². The molecular weight excluding hydrogens is 180 g/mol. The molecule has 1 aliphatic heterocycles. The molecule has 14 heavy (non-hydrogen) atoms. The van der Waals surface area contributed by atoms with Gasteiger partial charge in [0.05, 0.1) is 5.69 Å². The molecule has 0 aromatic heterocycles. The predicted octanol–water partition coefficient (Wildman–Crippen LogP) is 0.653. The molecule has 1 heterocycles. The number of ether oxygens (including phenoxy) is 1. The lowest BCUT2D eigenvalue weighted by Crippen LogP contribution is -2.42. The van der Waals surface area contributed by atoms with E-state index in [1.54, 1.807) is 0 Å². The average molecular weight is 192 g/mol. The fourth-order valence-electron chi connectivity index (χ4n) is 1.42. The highest BCUT2D eigenvalue weighted by atomic mass is 16.5. The molecule has 0 saturated heterocycles.